The number of ether oxygens (including phenoxy) is 2. The fraction of sp³-hybridized carbons (Fsp3) is 0.474. The predicted molar refractivity (Wildman–Crippen MR) is 95.5 cm³/mol. The van der Waals surface area contributed by atoms with Gasteiger partial charge in [-0.2, -0.15) is 0 Å². The summed E-state index contributed by atoms with van der Waals surface area (Å²) < 4.78 is 12.9. The van der Waals surface area contributed by atoms with Gasteiger partial charge in [0.05, 0.1) is 7.11 Å². The normalized spacial score (nSPS) is 12.6. The van der Waals surface area contributed by atoms with Crippen LogP contribution in [0, 0.1) is 0 Å². The molecular formula is C19H28N2O3. The molecule has 5 heteroatoms. The number of nitrogens with zero attached hydrogens (tertiary/aromatic N) is 2. The van der Waals surface area contributed by atoms with E-state index in [0.29, 0.717) is 12.6 Å². The lowest BCUT2D eigenvalue weighted by Gasteiger charge is -2.29. The van der Waals surface area contributed by atoms with Crippen molar-refractivity contribution in [1.82, 2.24) is 9.47 Å². The monoisotopic (exact) mass is 332 g/mol. The van der Waals surface area contributed by atoms with Crippen LogP contribution in [0.2, 0.25) is 0 Å². The number of aryl methyl sites for hydroxylation is 1. The minimum Gasteiger partial charge on any atom is -0.497 e. The number of hydrogen-bond donors (Lipinski definition) is 1. The second-order valence-corrected chi connectivity index (χ2v) is 6.27. The van der Waals surface area contributed by atoms with Crippen molar-refractivity contribution >= 4 is 0 Å². The highest BCUT2D eigenvalue weighted by molar-refractivity contribution is 5.31. The molecule has 2 aromatic rings. The SMILES string of the molecule is COc1ccc(OCC(O)CN(Cc2cccn2C)C(C)C)cc1. The Kier molecular flexibility index (Phi) is 6.70. The van der Waals surface area contributed by atoms with Crippen molar-refractivity contribution in [2.45, 2.75) is 32.5 Å². The molecule has 2 rings (SSSR count). The van der Waals surface area contributed by atoms with E-state index in [2.05, 4.69) is 29.4 Å². The van der Waals surface area contributed by atoms with Crippen molar-refractivity contribution in [1.29, 1.82) is 0 Å². The van der Waals surface area contributed by atoms with Crippen molar-refractivity contribution in [3.8, 4) is 11.5 Å². The van der Waals surface area contributed by atoms with E-state index < -0.39 is 6.10 Å². The number of methoxy groups -OCH3 is 1. The van der Waals surface area contributed by atoms with Crippen molar-refractivity contribution in [2.75, 3.05) is 20.3 Å². The lowest BCUT2D eigenvalue weighted by molar-refractivity contribution is 0.0535. The third-order valence-corrected chi connectivity index (χ3v) is 4.09. The molecule has 1 unspecified atom stereocenters. The number of hydrogen-bond acceptors (Lipinski definition) is 4. The molecular weight excluding hydrogens is 304 g/mol. The number of aliphatic hydroxyl groups excluding tert-OH is 1. The Morgan fingerprint density at radius 3 is 2.33 bits per heavy atom. The van der Waals surface area contributed by atoms with Gasteiger partial charge < -0.3 is 19.1 Å². The predicted octanol–water partition coefficient (Wildman–Crippen LogP) is 2.68. The molecule has 1 atom stereocenters. The van der Waals surface area contributed by atoms with Crippen molar-refractivity contribution in [3.05, 3.63) is 48.3 Å². The van der Waals surface area contributed by atoms with E-state index in [1.165, 1.54) is 5.69 Å². The quantitative estimate of drug-likeness (QED) is 0.767. The Morgan fingerprint density at radius 2 is 1.79 bits per heavy atom. The molecule has 0 fully saturated rings. The van der Waals surface area contributed by atoms with Gasteiger partial charge in [0.2, 0.25) is 0 Å². The first-order valence-corrected chi connectivity index (χ1v) is 8.28. The molecule has 1 aromatic heterocycles. The Labute approximate surface area is 144 Å². The number of aliphatic hydroxyl groups is 1. The molecule has 0 saturated heterocycles. The summed E-state index contributed by atoms with van der Waals surface area (Å²) in [7, 11) is 3.67. The molecule has 24 heavy (non-hydrogen) atoms. The topological polar surface area (TPSA) is 46.9 Å². The summed E-state index contributed by atoms with van der Waals surface area (Å²) in [5, 5.41) is 10.3. The summed E-state index contributed by atoms with van der Waals surface area (Å²) in [6, 6.07) is 11.9. The zero-order chi connectivity index (χ0) is 17.5. The number of aromatic nitrogens is 1. The fourth-order valence-corrected chi connectivity index (χ4v) is 2.51. The zero-order valence-electron chi connectivity index (χ0n) is 15.0. The van der Waals surface area contributed by atoms with Crippen LogP contribution in [-0.2, 0) is 13.6 Å². The lowest BCUT2D eigenvalue weighted by Crippen LogP contribution is -2.39. The van der Waals surface area contributed by atoms with Crippen LogP contribution in [-0.4, -0.2) is 47.0 Å². The molecule has 0 spiro atoms. The van der Waals surface area contributed by atoms with Gasteiger partial charge in [0.1, 0.15) is 24.2 Å². The molecule has 1 N–H and O–H groups in total. The first kappa shape index (κ1) is 18.4. The van der Waals surface area contributed by atoms with E-state index in [1.54, 1.807) is 7.11 Å². The Bertz CT molecular complexity index is 607. The third kappa shape index (κ3) is 5.28. The summed E-state index contributed by atoms with van der Waals surface area (Å²) in [4.78, 5) is 2.25. The van der Waals surface area contributed by atoms with Gasteiger partial charge in [-0.3, -0.25) is 4.90 Å². The third-order valence-electron chi connectivity index (χ3n) is 4.09. The summed E-state index contributed by atoms with van der Waals surface area (Å²) in [6.07, 6.45) is 1.49. The average molecular weight is 332 g/mol. The van der Waals surface area contributed by atoms with Crippen LogP contribution in [0.1, 0.15) is 19.5 Å². The molecule has 1 heterocycles. The van der Waals surface area contributed by atoms with Crippen LogP contribution in [0.25, 0.3) is 0 Å². The first-order chi connectivity index (χ1) is 11.5. The largest absolute Gasteiger partial charge is 0.497 e. The molecule has 132 valence electrons. The Morgan fingerprint density at radius 1 is 1.12 bits per heavy atom. The van der Waals surface area contributed by atoms with E-state index in [1.807, 2.05) is 43.6 Å². The molecule has 0 aliphatic heterocycles. The Hall–Kier alpha value is -1.98. The maximum absolute atomic E-state index is 10.3. The van der Waals surface area contributed by atoms with Crippen LogP contribution in [0.5, 0.6) is 11.5 Å². The molecule has 0 saturated carbocycles. The standard InChI is InChI=1S/C19H28N2O3/c1-15(2)21(12-16-6-5-11-20(16)3)13-17(22)14-24-19-9-7-18(23-4)8-10-19/h5-11,15,17,22H,12-14H2,1-4H3. The summed E-state index contributed by atoms with van der Waals surface area (Å²) in [5.74, 6) is 1.52. The van der Waals surface area contributed by atoms with E-state index >= 15 is 0 Å². The van der Waals surface area contributed by atoms with Gasteiger partial charge in [-0.1, -0.05) is 0 Å². The van der Waals surface area contributed by atoms with Gasteiger partial charge in [-0.25, -0.2) is 0 Å². The lowest BCUT2D eigenvalue weighted by atomic mass is 10.2. The van der Waals surface area contributed by atoms with E-state index in [9.17, 15) is 5.11 Å². The minimum atomic E-state index is -0.547. The second kappa shape index (κ2) is 8.76. The Balaban J connectivity index is 1.85. The van der Waals surface area contributed by atoms with Crippen LogP contribution >= 0.6 is 0 Å². The molecule has 0 bridgehead atoms. The van der Waals surface area contributed by atoms with E-state index in [4.69, 9.17) is 9.47 Å². The number of benzene rings is 1. The highest BCUT2D eigenvalue weighted by Gasteiger charge is 2.17. The molecule has 0 aliphatic rings. The summed E-state index contributed by atoms with van der Waals surface area (Å²) in [5.41, 5.74) is 1.23. The minimum absolute atomic E-state index is 0.267. The molecule has 0 aliphatic carbocycles. The van der Waals surface area contributed by atoms with Crippen molar-refractivity contribution in [3.63, 3.8) is 0 Å². The van der Waals surface area contributed by atoms with E-state index in [0.717, 1.165) is 18.0 Å². The van der Waals surface area contributed by atoms with Crippen LogP contribution in [0.15, 0.2) is 42.6 Å². The zero-order valence-corrected chi connectivity index (χ0v) is 15.0. The van der Waals surface area contributed by atoms with Crippen molar-refractivity contribution in [2.24, 2.45) is 7.05 Å². The summed E-state index contributed by atoms with van der Waals surface area (Å²) >= 11 is 0. The van der Waals surface area contributed by atoms with Gasteiger partial charge >= 0.3 is 0 Å². The molecule has 1 aromatic carbocycles. The molecule has 0 radical (unpaired) electrons. The van der Waals surface area contributed by atoms with Gasteiger partial charge in [0.25, 0.3) is 0 Å². The maximum Gasteiger partial charge on any atom is 0.119 e. The first-order valence-electron chi connectivity index (χ1n) is 8.28. The highest BCUT2D eigenvalue weighted by atomic mass is 16.5. The van der Waals surface area contributed by atoms with Crippen LogP contribution in [0.4, 0.5) is 0 Å². The average Bonchev–Trinajstić information content (AvgIpc) is 2.97. The smallest absolute Gasteiger partial charge is 0.119 e. The molecule has 0 amide bonds. The highest BCUT2D eigenvalue weighted by Crippen LogP contribution is 2.17. The van der Waals surface area contributed by atoms with Gasteiger partial charge in [-0.05, 0) is 50.2 Å². The van der Waals surface area contributed by atoms with Crippen molar-refractivity contribution < 1.29 is 14.6 Å². The van der Waals surface area contributed by atoms with Gasteiger partial charge in [-0.15, -0.1) is 0 Å². The number of rotatable bonds is 9. The molecule has 5 nitrogen and oxygen atoms in total. The van der Waals surface area contributed by atoms with Crippen LogP contribution in [0.3, 0.4) is 0 Å². The second-order valence-electron chi connectivity index (χ2n) is 6.27. The van der Waals surface area contributed by atoms with Gasteiger partial charge in [0.15, 0.2) is 0 Å². The fourth-order valence-electron chi connectivity index (χ4n) is 2.51. The summed E-state index contributed by atoms with van der Waals surface area (Å²) in [6.45, 7) is 5.92. The maximum atomic E-state index is 10.3. The van der Waals surface area contributed by atoms with Gasteiger partial charge in [0, 0.05) is 38.1 Å². The van der Waals surface area contributed by atoms with E-state index in [-0.39, 0.29) is 6.61 Å². The van der Waals surface area contributed by atoms with Crippen LogP contribution < -0.4 is 9.47 Å².